The van der Waals surface area contributed by atoms with Crippen molar-refractivity contribution < 1.29 is 14.7 Å². The van der Waals surface area contributed by atoms with Gasteiger partial charge in [-0.3, -0.25) is 14.5 Å². The summed E-state index contributed by atoms with van der Waals surface area (Å²) in [6.07, 6.45) is 0.770. The number of carboxylic acid groups (broad SMARTS) is 1. The summed E-state index contributed by atoms with van der Waals surface area (Å²) in [5, 5.41) is 9.24. The molecule has 2 heterocycles. The molecular weight excluding hydrogens is 280 g/mol. The second-order valence-electron chi connectivity index (χ2n) is 6.51. The lowest BCUT2D eigenvalue weighted by molar-refractivity contribution is -0.142. The number of carbonyl (C=O) groups is 2. The van der Waals surface area contributed by atoms with Crippen LogP contribution < -0.4 is 4.90 Å². The van der Waals surface area contributed by atoms with Crippen molar-refractivity contribution in [2.45, 2.75) is 26.3 Å². The van der Waals surface area contributed by atoms with Gasteiger partial charge in [-0.05, 0) is 31.4 Å². The zero-order valence-electron chi connectivity index (χ0n) is 13.0. The molecule has 0 saturated carbocycles. The van der Waals surface area contributed by atoms with Gasteiger partial charge in [0.15, 0.2) is 0 Å². The molecule has 1 N–H and O–H groups in total. The highest BCUT2D eigenvalue weighted by Crippen LogP contribution is 2.30. The molecule has 22 heavy (non-hydrogen) atoms. The van der Waals surface area contributed by atoms with E-state index < -0.39 is 5.97 Å². The summed E-state index contributed by atoms with van der Waals surface area (Å²) in [6.45, 7) is 5.85. The van der Waals surface area contributed by atoms with Crippen molar-refractivity contribution in [3.05, 3.63) is 29.8 Å². The molecule has 0 spiro atoms. The fourth-order valence-electron chi connectivity index (χ4n) is 3.56. The van der Waals surface area contributed by atoms with Gasteiger partial charge in [-0.1, -0.05) is 24.6 Å². The van der Waals surface area contributed by atoms with Crippen LogP contribution in [0.25, 0.3) is 0 Å². The van der Waals surface area contributed by atoms with E-state index in [0.717, 1.165) is 12.1 Å². The fraction of sp³-hybridized carbons (Fsp3) is 0.529. The molecule has 3 atom stereocenters. The molecular formula is C17H22N2O3. The molecule has 3 rings (SSSR count). The van der Waals surface area contributed by atoms with E-state index in [1.54, 1.807) is 0 Å². The van der Waals surface area contributed by atoms with E-state index in [2.05, 4.69) is 4.90 Å². The van der Waals surface area contributed by atoms with Crippen molar-refractivity contribution in [2.75, 3.05) is 24.5 Å². The van der Waals surface area contributed by atoms with Crippen molar-refractivity contribution in [1.29, 1.82) is 0 Å². The molecule has 2 fully saturated rings. The van der Waals surface area contributed by atoms with Crippen LogP contribution in [-0.2, 0) is 9.59 Å². The van der Waals surface area contributed by atoms with Crippen LogP contribution in [0, 0.1) is 18.8 Å². The van der Waals surface area contributed by atoms with Crippen LogP contribution >= 0.6 is 0 Å². The number of anilines is 1. The van der Waals surface area contributed by atoms with Crippen LogP contribution in [0.5, 0.6) is 0 Å². The van der Waals surface area contributed by atoms with Crippen molar-refractivity contribution in [2.24, 2.45) is 11.8 Å². The smallest absolute Gasteiger partial charge is 0.308 e. The van der Waals surface area contributed by atoms with Crippen LogP contribution in [0.1, 0.15) is 18.9 Å². The monoisotopic (exact) mass is 302 g/mol. The topological polar surface area (TPSA) is 60.9 Å². The first-order chi connectivity index (χ1) is 10.5. The molecule has 2 aliphatic rings. The van der Waals surface area contributed by atoms with Crippen LogP contribution in [-0.4, -0.2) is 47.6 Å². The minimum absolute atomic E-state index is 0.0960. The summed E-state index contributed by atoms with van der Waals surface area (Å²) in [5.41, 5.74) is 2.10. The van der Waals surface area contributed by atoms with Gasteiger partial charge in [0, 0.05) is 25.3 Å². The minimum Gasteiger partial charge on any atom is -0.481 e. The number of carboxylic acids is 1. The quantitative estimate of drug-likeness (QED) is 0.924. The molecule has 1 amide bonds. The summed E-state index contributed by atoms with van der Waals surface area (Å²) in [7, 11) is 0. The van der Waals surface area contributed by atoms with Gasteiger partial charge in [-0.15, -0.1) is 0 Å². The zero-order valence-corrected chi connectivity index (χ0v) is 13.0. The average Bonchev–Trinajstić information content (AvgIpc) is 3.03. The van der Waals surface area contributed by atoms with E-state index in [-0.39, 0.29) is 23.8 Å². The third-order valence-electron chi connectivity index (χ3n) is 4.92. The molecule has 5 nitrogen and oxygen atoms in total. The van der Waals surface area contributed by atoms with Gasteiger partial charge in [0.05, 0.1) is 12.0 Å². The number of rotatable bonds is 3. The molecule has 2 aliphatic heterocycles. The first kappa shape index (κ1) is 15.0. The lowest BCUT2D eigenvalue weighted by Crippen LogP contribution is -2.41. The van der Waals surface area contributed by atoms with Gasteiger partial charge in [-0.25, -0.2) is 0 Å². The van der Waals surface area contributed by atoms with Crippen LogP contribution in [0.3, 0.4) is 0 Å². The van der Waals surface area contributed by atoms with Crippen LogP contribution in [0.2, 0.25) is 0 Å². The first-order valence-corrected chi connectivity index (χ1v) is 7.82. The predicted octanol–water partition coefficient (Wildman–Crippen LogP) is 1.75. The number of hydrogen-bond acceptors (Lipinski definition) is 3. The second-order valence-corrected chi connectivity index (χ2v) is 6.51. The molecule has 1 aromatic carbocycles. The third-order valence-corrected chi connectivity index (χ3v) is 4.92. The summed E-state index contributed by atoms with van der Waals surface area (Å²) in [6, 6.07) is 7.79. The fourth-order valence-corrected chi connectivity index (χ4v) is 3.56. The Kier molecular flexibility index (Phi) is 3.91. The van der Waals surface area contributed by atoms with Gasteiger partial charge in [-0.2, -0.15) is 0 Å². The Morgan fingerprint density at radius 1 is 1.23 bits per heavy atom. The van der Waals surface area contributed by atoms with E-state index in [4.69, 9.17) is 0 Å². The average molecular weight is 302 g/mol. The van der Waals surface area contributed by atoms with E-state index in [1.165, 1.54) is 5.56 Å². The summed E-state index contributed by atoms with van der Waals surface area (Å²) in [5.74, 6) is -0.919. The van der Waals surface area contributed by atoms with Gasteiger partial charge >= 0.3 is 5.97 Å². The standard InChI is InChI=1S/C17H22N2O3/c1-11-3-5-13(6-4-11)19-8-7-15(16(19)20)18-9-12(2)14(10-18)17(21)22/h3-6,12,14-15H,7-10H2,1-2H3,(H,21,22)/t12-,14-,15?/m1/s1. The van der Waals surface area contributed by atoms with E-state index in [0.29, 0.717) is 19.6 Å². The van der Waals surface area contributed by atoms with Crippen molar-refractivity contribution in [1.82, 2.24) is 4.90 Å². The van der Waals surface area contributed by atoms with Gasteiger partial charge < -0.3 is 10.0 Å². The largest absolute Gasteiger partial charge is 0.481 e. The molecule has 1 unspecified atom stereocenters. The molecule has 0 radical (unpaired) electrons. The van der Waals surface area contributed by atoms with Crippen molar-refractivity contribution in [3.63, 3.8) is 0 Å². The lowest BCUT2D eigenvalue weighted by atomic mass is 9.99. The SMILES string of the molecule is Cc1ccc(N2CCC(N3C[C@@H](C)[C@H](C(=O)O)C3)C2=O)cc1. The Bertz CT molecular complexity index is 584. The maximum atomic E-state index is 12.7. The van der Waals surface area contributed by atoms with Gasteiger partial charge in [0.25, 0.3) is 0 Å². The molecule has 5 heteroatoms. The molecule has 2 saturated heterocycles. The number of benzene rings is 1. The van der Waals surface area contributed by atoms with E-state index in [1.807, 2.05) is 43.0 Å². The Morgan fingerprint density at radius 3 is 2.50 bits per heavy atom. The van der Waals surface area contributed by atoms with Gasteiger partial charge in [0.2, 0.25) is 5.91 Å². The number of amides is 1. The Balaban J connectivity index is 1.72. The Hall–Kier alpha value is -1.88. The maximum absolute atomic E-state index is 12.7. The minimum atomic E-state index is -0.754. The number of aliphatic carboxylic acids is 1. The Morgan fingerprint density at radius 2 is 1.91 bits per heavy atom. The number of aryl methyl sites for hydroxylation is 1. The second kappa shape index (κ2) is 5.72. The highest BCUT2D eigenvalue weighted by Gasteiger charge is 2.43. The number of carbonyl (C=O) groups excluding carboxylic acids is 1. The van der Waals surface area contributed by atoms with E-state index >= 15 is 0 Å². The lowest BCUT2D eigenvalue weighted by Gasteiger charge is -2.23. The van der Waals surface area contributed by atoms with Crippen LogP contribution in [0.15, 0.2) is 24.3 Å². The van der Waals surface area contributed by atoms with Crippen molar-refractivity contribution >= 4 is 17.6 Å². The third kappa shape index (κ3) is 2.61. The zero-order chi connectivity index (χ0) is 15.9. The molecule has 0 aliphatic carbocycles. The summed E-state index contributed by atoms with van der Waals surface area (Å²) >= 11 is 0. The highest BCUT2D eigenvalue weighted by atomic mass is 16.4. The summed E-state index contributed by atoms with van der Waals surface area (Å²) < 4.78 is 0. The molecule has 0 aromatic heterocycles. The number of nitrogens with zero attached hydrogens (tertiary/aromatic N) is 2. The maximum Gasteiger partial charge on any atom is 0.308 e. The summed E-state index contributed by atoms with van der Waals surface area (Å²) in [4.78, 5) is 27.8. The van der Waals surface area contributed by atoms with Crippen LogP contribution in [0.4, 0.5) is 5.69 Å². The predicted molar refractivity (Wildman–Crippen MR) is 83.8 cm³/mol. The first-order valence-electron chi connectivity index (χ1n) is 7.82. The molecule has 1 aromatic rings. The Labute approximate surface area is 130 Å². The molecule has 118 valence electrons. The van der Waals surface area contributed by atoms with Crippen molar-refractivity contribution in [3.8, 4) is 0 Å². The normalized spacial score (nSPS) is 29.3. The molecule has 0 bridgehead atoms. The van der Waals surface area contributed by atoms with Gasteiger partial charge in [0.1, 0.15) is 0 Å². The highest BCUT2D eigenvalue weighted by molar-refractivity contribution is 5.99. The number of likely N-dealkylation sites (tertiary alicyclic amines) is 1. The van der Waals surface area contributed by atoms with E-state index in [9.17, 15) is 14.7 Å². The number of hydrogen-bond donors (Lipinski definition) is 1.